The van der Waals surface area contributed by atoms with Gasteiger partial charge in [-0.2, -0.15) is 0 Å². The van der Waals surface area contributed by atoms with Gasteiger partial charge in [-0.05, 0) is 61.7 Å². The molecule has 0 atom stereocenters. The van der Waals surface area contributed by atoms with Crippen molar-refractivity contribution in [2.75, 3.05) is 7.05 Å². The Kier molecular flexibility index (Phi) is 5.05. The predicted octanol–water partition coefficient (Wildman–Crippen LogP) is 2.53. The molecule has 1 aliphatic rings. The van der Waals surface area contributed by atoms with Gasteiger partial charge in [-0.25, -0.2) is 0 Å². The van der Waals surface area contributed by atoms with Gasteiger partial charge in [-0.15, -0.1) is 0 Å². The van der Waals surface area contributed by atoms with E-state index < -0.39 is 0 Å². The van der Waals surface area contributed by atoms with E-state index in [2.05, 4.69) is 26.6 Å². The Labute approximate surface area is 123 Å². The third-order valence-corrected chi connectivity index (χ3v) is 4.34. The van der Waals surface area contributed by atoms with E-state index in [0.29, 0.717) is 12.1 Å². The third-order valence-electron chi connectivity index (χ3n) is 3.91. The molecule has 2 rings (SSSR count). The fourth-order valence-electron chi connectivity index (χ4n) is 2.71. The molecule has 0 unspecified atom stereocenters. The summed E-state index contributed by atoms with van der Waals surface area (Å²) in [5.74, 6) is 0.0421. The smallest absolute Gasteiger partial charge is 0.268 e. The third kappa shape index (κ3) is 3.60. The van der Waals surface area contributed by atoms with Crippen LogP contribution in [0.2, 0.25) is 0 Å². The summed E-state index contributed by atoms with van der Waals surface area (Å²) in [7, 11) is 2.01. The molecular formula is C14H22BrN3O. The van der Waals surface area contributed by atoms with Gasteiger partial charge in [0.05, 0.1) is 0 Å². The van der Waals surface area contributed by atoms with Crippen LogP contribution in [0.5, 0.6) is 0 Å². The standard InChI is InChI=1S/C14H22BrN3O/c1-3-18-9-10(15)8-13(18)14(19)17-12-6-4-11(16-2)5-7-12/h8-9,11-12,16H,3-7H2,1-2H3,(H,17,19). The summed E-state index contributed by atoms with van der Waals surface area (Å²) in [5.41, 5.74) is 0.741. The van der Waals surface area contributed by atoms with Crippen LogP contribution in [0.3, 0.4) is 0 Å². The number of hydrogen-bond acceptors (Lipinski definition) is 2. The van der Waals surface area contributed by atoms with Crippen molar-refractivity contribution in [3.05, 3.63) is 22.4 Å². The highest BCUT2D eigenvalue weighted by atomic mass is 79.9. The lowest BCUT2D eigenvalue weighted by Gasteiger charge is -2.28. The van der Waals surface area contributed by atoms with Crippen molar-refractivity contribution in [2.45, 2.75) is 51.2 Å². The average Bonchev–Trinajstić information content (AvgIpc) is 2.81. The molecule has 1 amide bonds. The van der Waals surface area contributed by atoms with Crippen LogP contribution >= 0.6 is 15.9 Å². The SMILES string of the molecule is CCn1cc(Br)cc1C(=O)NC1CCC(NC)CC1. The predicted molar refractivity (Wildman–Crippen MR) is 80.4 cm³/mol. The molecule has 1 aromatic rings. The Balaban J connectivity index is 1.94. The van der Waals surface area contributed by atoms with E-state index in [9.17, 15) is 4.79 Å². The lowest BCUT2D eigenvalue weighted by atomic mass is 9.91. The van der Waals surface area contributed by atoms with Crippen LogP contribution in [0.4, 0.5) is 0 Å². The Hall–Kier alpha value is -0.810. The van der Waals surface area contributed by atoms with Gasteiger partial charge in [0.25, 0.3) is 5.91 Å². The van der Waals surface area contributed by atoms with Crippen molar-refractivity contribution in [1.29, 1.82) is 0 Å². The van der Waals surface area contributed by atoms with Gasteiger partial charge in [0.1, 0.15) is 5.69 Å². The molecule has 0 bridgehead atoms. The van der Waals surface area contributed by atoms with Gasteiger partial charge in [0.2, 0.25) is 0 Å². The lowest BCUT2D eigenvalue weighted by Crippen LogP contribution is -2.41. The maximum atomic E-state index is 12.3. The fourth-order valence-corrected chi connectivity index (χ4v) is 3.18. The largest absolute Gasteiger partial charge is 0.348 e. The molecule has 106 valence electrons. The summed E-state index contributed by atoms with van der Waals surface area (Å²) >= 11 is 3.43. The average molecular weight is 328 g/mol. The normalized spacial score (nSPS) is 23.3. The number of carbonyl (C=O) groups is 1. The van der Waals surface area contributed by atoms with Crippen LogP contribution in [0.25, 0.3) is 0 Å². The lowest BCUT2D eigenvalue weighted by molar-refractivity contribution is 0.0915. The van der Waals surface area contributed by atoms with E-state index in [0.717, 1.165) is 42.4 Å². The molecule has 1 aliphatic carbocycles. The molecule has 4 nitrogen and oxygen atoms in total. The Morgan fingerprint density at radius 3 is 2.58 bits per heavy atom. The second-order valence-electron chi connectivity index (χ2n) is 5.14. The molecule has 1 saturated carbocycles. The Morgan fingerprint density at radius 1 is 1.37 bits per heavy atom. The first-order valence-electron chi connectivity index (χ1n) is 6.97. The molecule has 1 fully saturated rings. The number of aryl methyl sites for hydroxylation is 1. The zero-order chi connectivity index (χ0) is 13.8. The van der Waals surface area contributed by atoms with Gasteiger partial charge in [0, 0.05) is 29.3 Å². The van der Waals surface area contributed by atoms with Crippen molar-refractivity contribution in [3.8, 4) is 0 Å². The molecule has 0 aliphatic heterocycles. The molecule has 0 spiro atoms. The van der Waals surface area contributed by atoms with Gasteiger partial charge in [-0.1, -0.05) is 0 Å². The first kappa shape index (κ1) is 14.6. The molecule has 5 heteroatoms. The zero-order valence-corrected chi connectivity index (χ0v) is 13.2. The first-order valence-corrected chi connectivity index (χ1v) is 7.77. The monoisotopic (exact) mass is 327 g/mol. The number of nitrogens with zero attached hydrogens (tertiary/aromatic N) is 1. The van der Waals surface area contributed by atoms with E-state index in [1.54, 1.807) is 0 Å². The van der Waals surface area contributed by atoms with E-state index in [-0.39, 0.29) is 5.91 Å². The van der Waals surface area contributed by atoms with E-state index >= 15 is 0 Å². The van der Waals surface area contributed by atoms with Crippen molar-refractivity contribution in [1.82, 2.24) is 15.2 Å². The highest BCUT2D eigenvalue weighted by Crippen LogP contribution is 2.20. The van der Waals surface area contributed by atoms with Crippen LogP contribution in [0.1, 0.15) is 43.1 Å². The van der Waals surface area contributed by atoms with Gasteiger partial charge in [0.15, 0.2) is 0 Å². The number of amides is 1. The number of rotatable bonds is 4. The van der Waals surface area contributed by atoms with Crippen molar-refractivity contribution in [2.24, 2.45) is 0 Å². The maximum Gasteiger partial charge on any atom is 0.268 e. The van der Waals surface area contributed by atoms with Crippen molar-refractivity contribution < 1.29 is 4.79 Å². The van der Waals surface area contributed by atoms with Crippen LogP contribution in [0, 0.1) is 0 Å². The summed E-state index contributed by atoms with van der Waals surface area (Å²) in [4.78, 5) is 12.3. The highest BCUT2D eigenvalue weighted by Gasteiger charge is 2.22. The van der Waals surface area contributed by atoms with Crippen LogP contribution < -0.4 is 10.6 Å². The van der Waals surface area contributed by atoms with Crippen LogP contribution in [-0.2, 0) is 6.54 Å². The maximum absolute atomic E-state index is 12.3. The molecule has 1 heterocycles. The summed E-state index contributed by atoms with van der Waals surface area (Å²) in [6.07, 6.45) is 6.35. The van der Waals surface area contributed by atoms with E-state index in [1.165, 1.54) is 0 Å². The summed E-state index contributed by atoms with van der Waals surface area (Å²) in [6.45, 7) is 2.85. The second-order valence-corrected chi connectivity index (χ2v) is 6.06. The minimum atomic E-state index is 0.0421. The molecule has 19 heavy (non-hydrogen) atoms. The van der Waals surface area contributed by atoms with Gasteiger partial charge < -0.3 is 15.2 Å². The molecule has 0 aromatic carbocycles. The number of hydrogen-bond donors (Lipinski definition) is 2. The second kappa shape index (κ2) is 6.57. The summed E-state index contributed by atoms with van der Waals surface area (Å²) in [6, 6.07) is 2.82. The molecule has 0 radical (unpaired) electrons. The number of aromatic nitrogens is 1. The first-order chi connectivity index (χ1) is 9.13. The fraction of sp³-hybridized carbons (Fsp3) is 0.643. The number of nitrogens with one attached hydrogen (secondary N) is 2. The number of halogens is 1. The Bertz CT molecular complexity index is 436. The minimum absolute atomic E-state index is 0.0421. The van der Waals surface area contributed by atoms with Gasteiger partial charge >= 0.3 is 0 Å². The topological polar surface area (TPSA) is 46.1 Å². The molecular weight excluding hydrogens is 306 g/mol. The van der Waals surface area contributed by atoms with E-state index in [1.807, 2.05) is 30.8 Å². The minimum Gasteiger partial charge on any atom is -0.348 e. The zero-order valence-electron chi connectivity index (χ0n) is 11.6. The molecule has 1 aromatic heterocycles. The van der Waals surface area contributed by atoms with E-state index in [4.69, 9.17) is 0 Å². The summed E-state index contributed by atoms with van der Waals surface area (Å²) < 4.78 is 2.93. The highest BCUT2D eigenvalue weighted by molar-refractivity contribution is 9.10. The molecule has 2 N–H and O–H groups in total. The number of carbonyl (C=O) groups excluding carboxylic acids is 1. The van der Waals surface area contributed by atoms with Gasteiger partial charge in [-0.3, -0.25) is 4.79 Å². The van der Waals surface area contributed by atoms with Crippen LogP contribution in [0.15, 0.2) is 16.7 Å². The van der Waals surface area contributed by atoms with Crippen molar-refractivity contribution in [3.63, 3.8) is 0 Å². The quantitative estimate of drug-likeness (QED) is 0.892. The van der Waals surface area contributed by atoms with Crippen LogP contribution in [-0.4, -0.2) is 29.6 Å². The van der Waals surface area contributed by atoms with Crippen molar-refractivity contribution >= 4 is 21.8 Å². The summed E-state index contributed by atoms with van der Waals surface area (Å²) in [5, 5.41) is 6.47. The Morgan fingerprint density at radius 2 is 2.00 bits per heavy atom. The molecule has 0 saturated heterocycles.